The molecule has 10 nitrogen and oxygen atoms in total. The van der Waals surface area contributed by atoms with Crippen molar-refractivity contribution in [1.29, 1.82) is 0 Å². The fraction of sp³-hybridized carbons (Fsp3) is 0.325. The highest BCUT2D eigenvalue weighted by molar-refractivity contribution is 7.89. The third-order valence-corrected chi connectivity index (χ3v) is 11.5. The molecule has 0 radical (unpaired) electrons. The van der Waals surface area contributed by atoms with Crippen LogP contribution in [0.3, 0.4) is 0 Å². The van der Waals surface area contributed by atoms with E-state index >= 15 is 8.78 Å². The average molecular weight is 840 g/mol. The van der Waals surface area contributed by atoms with Crippen molar-refractivity contribution in [2.75, 3.05) is 6.26 Å². The van der Waals surface area contributed by atoms with Crippen LogP contribution in [-0.2, 0) is 53.4 Å². The molecule has 18 heteroatoms. The second kappa shape index (κ2) is 14.4. The molecule has 3 atom stereocenters. The van der Waals surface area contributed by atoms with Gasteiger partial charge in [-0.3, -0.25) is 14.2 Å². The summed E-state index contributed by atoms with van der Waals surface area (Å²) in [6, 6.07) is 9.35. The van der Waals surface area contributed by atoms with Crippen molar-refractivity contribution in [3.05, 3.63) is 117 Å². The van der Waals surface area contributed by atoms with Crippen molar-refractivity contribution >= 4 is 38.1 Å². The largest absolute Gasteiger partial charge is 0.339 e. The molecule has 300 valence electrons. The molecule has 0 unspecified atom stereocenters. The van der Waals surface area contributed by atoms with Gasteiger partial charge in [0.05, 0.1) is 34.0 Å². The highest BCUT2D eigenvalue weighted by atomic mass is 35.5. The summed E-state index contributed by atoms with van der Waals surface area (Å²) in [6.45, 7) is -0.783. The molecular formula is C40H32ClF6N7O3S. The minimum absolute atomic E-state index is 0.0457. The predicted octanol–water partition coefficient (Wildman–Crippen LogP) is 7.57. The van der Waals surface area contributed by atoms with E-state index in [0.29, 0.717) is 38.5 Å². The summed E-state index contributed by atoms with van der Waals surface area (Å²) in [5.41, 5.74) is 0.723. The second-order valence-corrected chi connectivity index (χ2v) is 17.4. The summed E-state index contributed by atoms with van der Waals surface area (Å²) in [7, 11) is -0.200. The molecule has 1 saturated carbocycles. The van der Waals surface area contributed by atoms with Gasteiger partial charge in [-0.25, -0.2) is 35.9 Å². The Morgan fingerprint density at radius 1 is 1.00 bits per heavy atom. The van der Waals surface area contributed by atoms with Crippen molar-refractivity contribution in [2.24, 2.45) is 20.0 Å². The van der Waals surface area contributed by atoms with Gasteiger partial charge < -0.3 is 4.57 Å². The van der Waals surface area contributed by atoms with Crippen LogP contribution in [0.25, 0.3) is 22.0 Å². The molecule has 0 saturated heterocycles. The van der Waals surface area contributed by atoms with E-state index in [1.807, 2.05) is 0 Å². The van der Waals surface area contributed by atoms with Crippen LogP contribution in [0, 0.1) is 29.4 Å². The summed E-state index contributed by atoms with van der Waals surface area (Å²) in [5, 5.41) is 8.83. The van der Waals surface area contributed by atoms with E-state index in [1.54, 1.807) is 55.5 Å². The van der Waals surface area contributed by atoms with Crippen LogP contribution >= 0.6 is 11.6 Å². The smallest absolute Gasteiger partial charge is 0.293 e. The van der Waals surface area contributed by atoms with Crippen molar-refractivity contribution in [2.45, 2.75) is 55.7 Å². The van der Waals surface area contributed by atoms with Gasteiger partial charge in [0, 0.05) is 72.9 Å². The summed E-state index contributed by atoms with van der Waals surface area (Å²) in [6.07, 6.45) is 0.545. The van der Waals surface area contributed by atoms with E-state index in [0.717, 1.165) is 18.4 Å². The lowest BCUT2D eigenvalue weighted by Gasteiger charge is -2.21. The standard InChI is InChI=1S/C40H32ClF6N7O3S/c1-52-16-25(48-19-52)5-4-24-6-7-27(28-8-9-31(41)34-32(18-58(3,56)57)50-53(2)37(28)34)35(49-24)21(10-20-11-22(42)14-23(43)12-20)13-26(55)17-54-38-33(36(51-54)39(44)45)29-15-30(29)40(38,46)47/h6-9,11-12,14,16,19,21,29-30,39H,10,13,15,17-18H2,1-3H3/t21-,29+,30-/m1/s1. The van der Waals surface area contributed by atoms with Crippen LogP contribution in [0.5, 0.6) is 0 Å². The maximum atomic E-state index is 15.4. The average Bonchev–Trinajstić information content (AvgIpc) is 3.38. The Labute approximate surface area is 332 Å². The van der Waals surface area contributed by atoms with Crippen molar-refractivity contribution in [3.8, 4) is 23.0 Å². The Bertz CT molecular complexity index is 2820. The van der Waals surface area contributed by atoms with Gasteiger partial charge in [-0.15, -0.1) is 0 Å². The van der Waals surface area contributed by atoms with Gasteiger partial charge in [-0.2, -0.15) is 19.0 Å². The molecule has 8 rings (SSSR count). The first kappa shape index (κ1) is 39.4. The molecule has 0 aliphatic heterocycles. The van der Waals surface area contributed by atoms with Crippen molar-refractivity contribution in [3.63, 3.8) is 0 Å². The van der Waals surface area contributed by atoms with Gasteiger partial charge >= 0.3 is 0 Å². The molecule has 4 heterocycles. The van der Waals surface area contributed by atoms with Crippen LogP contribution in [-0.4, -0.2) is 54.6 Å². The van der Waals surface area contributed by atoms with E-state index in [1.165, 1.54) is 4.68 Å². The quantitative estimate of drug-likeness (QED) is 0.0976. The number of rotatable bonds is 11. The summed E-state index contributed by atoms with van der Waals surface area (Å²) < 4.78 is 117. The molecule has 0 N–H and O–H groups in total. The molecule has 0 spiro atoms. The zero-order chi connectivity index (χ0) is 41.4. The fourth-order valence-corrected chi connectivity index (χ4v) is 9.04. The molecule has 0 amide bonds. The number of sulfone groups is 1. The summed E-state index contributed by atoms with van der Waals surface area (Å²) in [5.74, 6) is -3.41. The van der Waals surface area contributed by atoms with Crippen LogP contribution in [0.4, 0.5) is 26.3 Å². The maximum absolute atomic E-state index is 15.4. The lowest BCUT2D eigenvalue weighted by Crippen LogP contribution is -2.24. The highest BCUT2D eigenvalue weighted by Crippen LogP contribution is 2.68. The van der Waals surface area contributed by atoms with Crippen LogP contribution in [0.2, 0.25) is 5.02 Å². The van der Waals surface area contributed by atoms with Gasteiger partial charge in [0.25, 0.3) is 12.3 Å². The number of aromatic nitrogens is 7. The van der Waals surface area contributed by atoms with Crippen LogP contribution < -0.4 is 0 Å². The molecule has 1 fully saturated rings. The van der Waals surface area contributed by atoms with E-state index in [9.17, 15) is 30.8 Å². The first-order valence-corrected chi connectivity index (χ1v) is 20.4. The number of imidazole rings is 1. The minimum Gasteiger partial charge on any atom is -0.339 e. The number of hydrogen-bond acceptors (Lipinski definition) is 7. The first-order chi connectivity index (χ1) is 27.4. The van der Waals surface area contributed by atoms with Gasteiger partial charge in [-0.1, -0.05) is 17.7 Å². The predicted molar refractivity (Wildman–Crippen MR) is 201 cm³/mol. The molecular weight excluding hydrogens is 808 g/mol. The molecule has 2 aliphatic carbocycles. The first-order valence-electron chi connectivity index (χ1n) is 17.9. The monoisotopic (exact) mass is 839 g/mol. The maximum Gasteiger partial charge on any atom is 0.293 e. The third kappa shape index (κ3) is 7.39. The number of fused-ring (bicyclic) bond motifs is 4. The summed E-state index contributed by atoms with van der Waals surface area (Å²) >= 11 is 6.65. The number of alkyl halides is 4. The number of ketones is 1. The number of benzene rings is 2. The number of nitrogens with zero attached hydrogens (tertiary/aromatic N) is 7. The van der Waals surface area contributed by atoms with Gasteiger partial charge in [0.1, 0.15) is 41.0 Å². The number of halogens is 7. The van der Waals surface area contributed by atoms with Crippen molar-refractivity contribution < 1.29 is 39.6 Å². The lowest BCUT2D eigenvalue weighted by atomic mass is 9.86. The van der Waals surface area contributed by atoms with Crippen LogP contribution in [0.15, 0.2) is 55.0 Å². The number of pyridine rings is 1. The Morgan fingerprint density at radius 3 is 2.38 bits per heavy atom. The SMILES string of the molecule is Cn1cnc(C#Cc2ccc(-c3ccc(Cl)c4c(CS(C)(=O)=O)nn(C)c34)c([C@@H](CC(=O)Cn3nc(C(F)F)c4c3C(F)(F)[C@@H]3C[C@H]43)Cc3cc(F)cc(F)c3)n2)c1. The highest BCUT2D eigenvalue weighted by Gasteiger charge is 2.67. The van der Waals surface area contributed by atoms with Gasteiger partial charge in [0.2, 0.25) is 0 Å². The van der Waals surface area contributed by atoms with E-state index in [2.05, 4.69) is 27.0 Å². The normalized spacial score (nSPS) is 17.3. The molecule has 58 heavy (non-hydrogen) atoms. The molecule has 6 aromatic rings. The zero-order valence-corrected chi connectivity index (χ0v) is 32.5. The number of Topliss-reactive ketones (excluding diaryl/α,β-unsaturated/α-hetero) is 1. The number of carbonyl (C=O) groups is 1. The summed E-state index contributed by atoms with van der Waals surface area (Å²) in [4.78, 5) is 23.2. The van der Waals surface area contributed by atoms with E-state index < -0.39 is 87.5 Å². The zero-order valence-electron chi connectivity index (χ0n) is 31.0. The Hall–Kier alpha value is -5.47. The van der Waals surface area contributed by atoms with Crippen LogP contribution in [0.1, 0.15) is 76.4 Å². The molecule has 2 aliphatic rings. The fourth-order valence-electron chi connectivity index (χ4n) is 8.08. The van der Waals surface area contributed by atoms with Crippen molar-refractivity contribution in [1.82, 2.24) is 34.1 Å². The lowest BCUT2D eigenvalue weighted by molar-refractivity contribution is -0.120. The van der Waals surface area contributed by atoms with Gasteiger partial charge in [0.15, 0.2) is 15.6 Å². The molecule has 2 aromatic carbocycles. The van der Waals surface area contributed by atoms with Gasteiger partial charge in [-0.05, 0) is 66.5 Å². The topological polar surface area (TPSA) is 118 Å². The third-order valence-electron chi connectivity index (χ3n) is 10.4. The molecule has 0 bridgehead atoms. The minimum atomic E-state index is -3.56. The number of hydrogen-bond donors (Lipinski definition) is 0. The number of aryl methyl sites for hydroxylation is 2. The molecule has 4 aromatic heterocycles. The Balaban J connectivity index is 1.28. The Morgan fingerprint density at radius 2 is 1.71 bits per heavy atom. The Kier molecular flexibility index (Phi) is 9.78. The second-order valence-electron chi connectivity index (χ2n) is 14.9. The van der Waals surface area contributed by atoms with E-state index in [-0.39, 0.29) is 46.1 Å². The van der Waals surface area contributed by atoms with E-state index in [4.69, 9.17) is 16.6 Å². The number of carbonyl (C=O) groups excluding carboxylic acids is 1.